The third-order valence-electron chi connectivity index (χ3n) is 3.69. The van der Waals surface area contributed by atoms with Gasteiger partial charge in [0.15, 0.2) is 11.5 Å². The van der Waals surface area contributed by atoms with Crippen molar-refractivity contribution >= 4 is 11.6 Å². The molecule has 1 amide bonds. The second-order valence-corrected chi connectivity index (χ2v) is 5.15. The van der Waals surface area contributed by atoms with Crippen LogP contribution in [0.2, 0.25) is 0 Å². The van der Waals surface area contributed by atoms with E-state index in [1.54, 1.807) is 25.3 Å². The molecule has 124 valence electrons. The van der Waals surface area contributed by atoms with Gasteiger partial charge in [0.2, 0.25) is 6.79 Å². The fourth-order valence-corrected chi connectivity index (χ4v) is 2.35. The van der Waals surface area contributed by atoms with Gasteiger partial charge >= 0.3 is 0 Å². The first-order valence-electron chi connectivity index (χ1n) is 7.62. The summed E-state index contributed by atoms with van der Waals surface area (Å²) in [6.45, 7) is 2.16. The number of rotatable bonds is 5. The lowest BCUT2D eigenvalue weighted by Crippen LogP contribution is -2.20. The van der Waals surface area contributed by atoms with Gasteiger partial charge in [-0.2, -0.15) is 5.10 Å². The quantitative estimate of drug-likeness (QED) is 0.677. The smallest absolute Gasteiger partial charge is 0.271 e. The Morgan fingerprint density at radius 3 is 2.54 bits per heavy atom. The molecule has 2 aromatic rings. The van der Waals surface area contributed by atoms with Crippen LogP contribution in [0.3, 0.4) is 0 Å². The summed E-state index contributed by atoms with van der Waals surface area (Å²) in [5, 5.41) is 4.24. The number of amides is 1. The largest absolute Gasteiger partial charge is 0.497 e. The van der Waals surface area contributed by atoms with E-state index in [4.69, 9.17) is 14.2 Å². The van der Waals surface area contributed by atoms with Crippen LogP contribution in [0.25, 0.3) is 0 Å². The van der Waals surface area contributed by atoms with E-state index < -0.39 is 0 Å². The molecule has 1 aliphatic rings. The van der Waals surface area contributed by atoms with Gasteiger partial charge in [0, 0.05) is 5.56 Å². The topological polar surface area (TPSA) is 69.2 Å². The summed E-state index contributed by atoms with van der Waals surface area (Å²) in [6.07, 6.45) is 0.688. The molecule has 6 heteroatoms. The van der Waals surface area contributed by atoms with Crippen LogP contribution in [0, 0.1) is 0 Å². The summed E-state index contributed by atoms with van der Waals surface area (Å²) in [6, 6.07) is 12.6. The van der Waals surface area contributed by atoms with Crippen molar-refractivity contribution in [3.05, 3.63) is 53.6 Å². The van der Waals surface area contributed by atoms with Crippen LogP contribution < -0.4 is 19.6 Å². The van der Waals surface area contributed by atoms with E-state index in [1.165, 1.54) is 0 Å². The van der Waals surface area contributed by atoms with E-state index >= 15 is 0 Å². The second-order valence-electron chi connectivity index (χ2n) is 5.15. The summed E-state index contributed by atoms with van der Waals surface area (Å²) in [7, 11) is 1.62. The van der Waals surface area contributed by atoms with Gasteiger partial charge in [0.05, 0.1) is 12.8 Å². The van der Waals surface area contributed by atoms with E-state index in [9.17, 15) is 4.79 Å². The Morgan fingerprint density at radius 2 is 1.83 bits per heavy atom. The van der Waals surface area contributed by atoms with Gasteiger partial charge in [0.1, 0.15) is 5.75 Å². The van der Waals surface area contributed by atoms with Crippen LogP contribution in [0.4, 0.5) is 0 Å². The Morgan fingerprint density at radius 1 is 1.12 bits per heavy atom. The molecule has 1 N–H and O–H groups in total. The predicted molar refractivity (Wildman–Crippen MR) is 89.9 cm³/mol. The maximum Gasteiger partial charge on any atom is 0.271 e. The van der Waals surface area contributed by atoms with Crippen molar-refractivity contribution < 1.29 is 19.0 Å². The molecular weight excluding hydrogens is 308 g/mol. The maximum absolute atomic E-state index is 12.3. The molecule has 0 bridgehead atoms. The number of nitrogens with zero attached hydrogens (tertiary/aromatic N) is 1. The lowest BCUT2D eigenvalue weighted by molar-refractivity contribution is 0.0954. The van der Waals surface area contributed by atoms with Gasteiger partial charge in [-0.15, -0.1) is 0 Å². The van der Waals surface area contributed by atoms with Crippen molar-refractivity contribution in [1.29, 1.82) is 0 Å². The van der Waals surface area contributed by atoms with Crippen LogP contribution >= 0.6 is 0 Å². The lowest BCUT2D eigenvalue weighted by atomic mass is 10.1. The summed E-state index contributed by atoms with van der Waals surface area (Å²) >= 11 is 0. The molecule has 1 heterocycles. The van der Waals surface area contributed by atoms with Crippen molar-refractivity contribution in [1.82, 2.24) is 5.43 Å². The average molecular weight is 326 g/mol. The van der Waals surface area contributed by atoms with Gasteiger partial charge in [-0.05, 0) is 54.4 Å². The van der Waals surface area contributed by atoms with Crippen molar-refractivity contribution in [2.24, 2.45) is 5.10 Å². The van der Waals surface area contributed by atoms with Crippen LogP contribution in [0.5, 0.6) is 17.2 Å². The molecule has 0 unspecified atom stereocenters. The van der Waals surface area contributed by atoms with E-state index in [0.29, 0.717) is 23.5 Å². The first-order chi connectivity index (χ1) is 11.7. The van der Waals surface area contributed by atoms with Crippen LogP contribution in [0.1, 0.15) is 29.3 Å². The van der Waals surface area contributed by atoms with Gasteiger partial charge in [-0.25, -0.2) is 5.43 Å². The molecule has 24 heavy (non-hydrogen) atoms. The molecule has 0 aliphatic carbocycles. The zero-order valence-corrected chi connectivity index (χ0v) is 13.5. The van der Waals surface area contributed by atoms with E-state index in [1.807, 2.05) is 31.2 Å². The Labute approximate surface area is 140 Å². The highest BCUT2D eigenvalue weighted by atomic mass is 16.7. The lowest BCUT2D eigenvalue weighted by Gasteiger charge is -2.07. The fraction of sp³-hybridized carbons (Fsp3) is 0.222. The minimum absolute atomic E-state index is 0.177. The highest BCUT2D eigenvalue weighted by Crippen LogP contribution is 2.32. The number of nitrogens with one attached hydrogen (secondary N) is 1. The number of hydrazone groups is 1. The predicted octanol–water partition coefficient (Wildman–Crippen LogP) is 2.97. The van der Waals surface area contributed by atoms with E-state index in [2.05, 4.69) is 10.5 Å². The molecule has 0 spiro atoms. The molecule has 2 aromatic carbocycles. The number of hydrogen-bond donors (Lipinski definition) is 1. The number of benzene rings is 2. The minimum Gasteiger partial charge on any atom is -0.497 e. The van der Waals surface area contributed by atoms with Crippen molar-refractivity contribution in [2.45, 2.75) is 13.3 Å². The summed E-state index contributed by atoms with van der Waals surface area (Å²) in [4.78, 5) is 12.3. The molecular formula is C18H18N2O4. The average Bonchev–Trinajstić information content (AvgIpc) is 3.10. The maximum atomic E-state index is 12.3. The Kier molecular flexibility index (Phi) is 4.65. The number of fused-ring (bicyclic) bond motifs is 1. The molecule has 0 atom stereocenters. The Balaban J connectivity index is 1.73. The first kappa shape index (κ1) is 15.9. The highest BCUT2D eigenvalue weighted by molar-refractivity contribution is 6.02. The number of methoxy groups -OCH3 is 1. The van der Waals surface area contributed by atoms with Crippen molar-refractivity contribution in [3.63, 3.8) is 0 Å². The minimum atomic E-state index is -0.298. The monoisotopic (exact) mass is 326 g/mol. The normalized spacial score (nSPS) is 12.8. The molecule has 0 saturated heterocycles. The van der Waals surface area contributed by atoms with Crippen LogP contribution in [-0.2, 0) is 0 Å². The Bertz CT molecular complexity index is 769. The standard InChI is InChI=1S/C18H18N2O4/c1-3-15(12-4-7-14(22-2)8-5-12)19-20-18(21)13-6-9-16-17(10-13)24-11-23-16/h4-10H,3,11H2,1-2H3,(H,20,21)/b19-15-. The number of carbonyl (C=O) groups excluding carboxylic acids is 1. The van der Waals surface area contributed by atoms with Crippen LogP contribution in [0.15, 0.2) is 47.6 Å². The fourth-order valence-electron chi connectivity index (χ4n) is 2.35. The first-order valence-corrected chi connectivity index (χ1v) is 7.62. The van der Waals surface area contributed by atoms with Crippen molar-refractivity contribution in [2.75, 3.05) is 13.9 Å². The molecule has 0 fully saturated rings. The van der Waals surface area contributed by atoms with Gasteiger partial charge < -0.3 is 14.2 Å². The summed E-state index contributed by atoms with van der Waals surface area (Å²) in [5.41, 5.74) is 4.77. The zero-order chi connectivity index (χ0) is 16.9. The Hall–Kier alpha value is -3.02. The second kappa shape index (κ2) is 7.04. The van der Waals surface area contributed by atoms with Crippen molar-refractivity contribution in [3.8, 4) is 17.2 Å². The van der Waals surface area contributed by atoms with Gasteiger partial charge in [-0.3, -0.25) is 4.79 Å². The molecule has 3 rings (SSSR count). The van der Waals surface area contributed by atoms with E-state index in [0.717, 1.165) is 17.0 Å². The molecule has 0 radical (unpaired) electrons. The molecule has 0 aromatic heterocycles. The van der Waals surface area contributed by atoms with Gasteiger partial charge in [-0.1, -0.05) is 6.92 Å². The summed E-state index contributed by atoms with van der Waals surface area (Å²) < 4.78 is 15.7. The highest BCUT2D eigenvalue weighted by Gasteiger charge is 2.16. The zero-order valence-electron chi connectivity index (χ0n) is 13.5. The molecule has 6 nitrogen and oxygen atoms in total. The number of ether oxygens (including phenoxy) is 3. The third-order valence-corrected chi connectivity index (χ3v) is 3.69. The van der Waals surface area contributed by atoms with Crippen LogP contribution in [-0.4, -0.2) is 25.5 Å². The molecule has 0 saturated carbocycles. The molecule has 1 aliphatic heterocycles. The SMILES string of the molecule is CC/C(=N/NC(=O)c1ccc2c(c1)OCO2)c1ccc(OC)cc1. The number of hydrogen-bond acceptors (Lipinski definition) is 5. The van der Waals surface area contributed by atoms with E-state index in [-0.39, 0.29) is 12.7 Å². The third kappa shape index (κ3) is 3.32. The summed E-state index contributed by atoms with van der Waals surface area (Å²) in [5.74, 6) is 1.69. The van der Waals surface area contributed by atoms with Gasteiger partial charge in [0.25, 0.3) is 5.91 Å². The number of carbonyl (C=O) groups is 1.